The number of aromatic amines is 1. The van der Waals surface area contributed by atoms with Crippen molar-refractivity contribution in [3.05, 3.63) is 30.1 Å². The molecule has 1 atom stereocenters. The molecule has 2 saturated heterocycles. The lowest BCUT2D eigenvalue weighted by Crippen LogP contribution is -2.65. The van der Waals surface area contributed by atoms with Gasteiger partial charge in [-0.05, 0) is 36.5 Å². The zero-order valence-corrected chi connectivity index (χ0v) is 19.0. The summed E-state index contributed by atoms with van der Waals surface area (Å²) in [7, 11) is -3.87. The Balaban J connectivity index is 1.34. The highest BCUT2D eigenvalue weighted by Crippen LogP contribution is 2.46. The Kier molecular flexibility index (Phi) is 6.62. The van der Waals surface area contributed by atoms with Crippen LogP contribution in [-0.4, -0.2) is 93.4 Å². The SMILES string of the molecule is O=S(=O)(C1CN(C(O)CC(O)(C(F)(F)F)C(F)(F)F)C1)N1CCC(c2c[nH]c3ncccc23)CC1. The third-order valence-electron chi connectivity index (χ3n) is 6.87. The quantitative estimate of drug-likeness (QED) is 0.495. The third kappa shape index (κ3) is 4.63. The average molecular weight is 530 g/mol. The second-order valence-electron chi connectivity index (χ2n) is 8.98. The number of nitrogens with zero attached hydrogens (tertiary/aromatic N) is 3. The van der Waals surface area contributed by atoms with Crippen LogP contribution in [0.1, 0.15) is 30.7 Å². The minimum absolute atomic E-state index is 0.0986. The fourth-order valence-corrected chi connectivity index (χ4v) is 6.54. The van der Waals surface area contributed by atoms with Gasteiger partial charge in [0.2, 0.25) is 10.0 Å². The molecule has 0 bridgehead atoms. The largest absolute Gasteiger partial charge is 0.426 e. The van der Waals surface area contributed by atoms with Crippen LogP contribution in [0.15, 0.2) is 24.5 Å². The number of halogens is 6. The number of fused-ring (bicyclic) bond motifs is 1. The van der Waals surface area contributed by atoms with Gasteiger partial charge in [-0.2, -0.15) is 26.3 Å². The second kappa shape index (κ2) is 8.87. The van der Waals surface area contributed by atoms with Gasteiger partial charge in [-0.15, -0.1) is 0 Å². The van der Waals surface area contributed by atoms with Crippen LogP contribution in [0.3, 0.4) is 0 Å². The molecule has 2 aliphatic heterocycles. The standard InChI is InChI=1S/C20H24F6N4O4S/c21-19(22,23)18(32,20(24,25)26)8-16(31)29-10-13(11-29)35(33,34)30-6-3-12(4-7-30)15-9-28-17-14(15)2-1-5-27-17/h1-2,5,9,12-13,16,31-32H,3-4,6-8,10-11H2,(H,27,28). The number of alkyl halides is 6. The highest BCUT2D eigenvalue weighted by Gasteiger charge is 2.71. The molecule has 8 nitrogen and oxygen atoms in total. The lowest BCUT2D eigenvalue weighted by molar-refractivity contribution is -0.377. The highest BCUT2D eigenvalue weighted by atomic mass is 32.2. The van der Waals surface area contributed by atoms with Crippen molar-refractivity contribution in [1.29, 1.82) is 0 Å². The molecule has 0 amide bonds. The van der Waals surface area contributed by atoms with Crippen LogP contribution >= 0.6 is 0 Å². The highest BCUT2D eigenvalue weighted by molar-refractivity contribution is 7.89. The molecular formula is C20H24F6N4O4S. The lowest BCUT2D eigenvalue weighted by Gasteiger charge is -2.45. The summed E-state index contributed by atoms with van der Waals surface area (Å²) in [5.74, 6) is 0.0986. The molecule has 2 fully saturated rings. The van der Waals surface area contributed by atoms with Crippen molar-refractivity contribution < 1.29 is 45.0 Å². The Hall–Kier alpha value is -1.94. The van der Waals surface area contributed by atoms with Gasteiger partial charge in [0, 0.05) is 50.4 Å². The van der Waals surface area contributed by atoms with Crippen LogP contribution < -0.4 is 0 Å². The maximum Gasteiger partial charge on any atom is 0.426 e. The smallest absolute Gasteiger partial charge is 0.378 e. The first-order valence-electron chi connectivity index (χ1n) is 10.8. The topological polar surface area (TPSA) is 110 Å². The monoisotopic (exact) mass is 530 g/mol. The summed E-state index contributed by atoms with van der Waals surface area (Å²) in [6, 6.07) is 3.73. The average Bonchev–Trinajstić information content (AvgIpc) is 3.15. The molecule has 2 aromatic heterocycles. The Bertz CT molecular complexity index is 1140. The molecule has 4 heterocycles. The second-order valence-corrected chi connectivity index (χ2v) is 11.2. The zero-order valence-electron chi connectivity index (χ0n) is 18.2. The van der Waals surface area contributed by atoms with Crippen LogP contribution in [0.4, 0.5) is 26.3 Å². The Morgan fingerprint density at radius 2 is 1.71 bits per heavy atom. The maximum absolute atomic E-state index is 12.9. The zero-order chi connectivity index (χ0) is 25.8. The van der Waals surface area contributed by atoms with Crippen LogP contribution in [0.5, 0.6) is 0 Å². The van der Waals surface area contributed by atoms with Crippen LogP contribution in [0, 0.1) is 0 Å². The third-order valence-corrected chi connectivity index (χ3v) is 9.10. The molecular weight excluding hydrogens is 506 g/mol. The van der Waals surface area contributed by atoms with E-state index in [1.807, 2.05) is 12.3 Å². The predicted octanol–water partition coefficient (Wildman–Crippen LogP) is 2.32. The number of piperidine rings is 1. The van der Waals surface area contributed by atoms with Crippen molar-refractivity contribution in [2.24, 2.45) is 0 Å². The van der Waals surface area contributed by atoms with Crippen molar-refractivity contribution in [3.63, 3.8) is 0 Å². The molecule has 0 saturated carbocycles. The van der Waals surface area contributed by atoms with E-state index in [0.29, 0.717) is 12.8 Å². The van der Waals surface area contributed by atoms with E-state index in [2.05, 4.69) is 9.97 Å². The van der Waals surface area contributed by atoms with Gasteiger partial charge in [-0.3, -0.25) is 4.90 Å². The normalized spacial score (nSPS) is 21.4. The number of hydrogen-bond acceptors (Lipinski definition) is 6. The minimum Gasteiger partial charge on any atom is -0.378 e. The number of aliphatic hydroxyl groups is 2. The molecule has 4 rings (SSSR count). The van der Waals surface area contributed by atoms with E-state index in [0.717, 1.165) is 21.5 Å². The number of pyridine rings is 1. The molecule has 35 heavy (non-hydrogen) atoms. The first kappa shape index (κ1) is 26.1. The fourth-order valence-electron chi connectivity index (χ4n) is 4.63. The van der Waals surface area contributed by atoms with E-state index in [4.69, 9.17) is 0 Å². The van der Waals surface area contributed by atoms with Crippen LogP contribution in [0.2, 0.25) is 0 Å². The molecule has 0 spiro atoms. The number of likely N-dealkylation sites (tertiary alicyclic amines) is 1. The van der Waals surface area contributed by atoms with Crippen LogP contribution in [0.25, 0.3) is 11.0 Å². The van der Waals surface area contributed by atoms with Gasteiger partial charge in [0.15, 0.2) is 0 Å². The van der Waals surface area contributed by atoms with E-state index < -0.39 is 59.0 Å². The first-order valence-corrected chi connectivity index (χ1v) is 12.3. The van der Waals surface area contributed by atoms with Gasteiger partial charge in [0.1, 0.15) is 17.1 Å². The van der Waals surface area contributed by atoms with Gasteiger partial charge < -0.3 is 15.2 Å². The summed E-state index contributed by atoms with van der Waals surface area (Å²) in [6.45, 7) is -0.464. The Morgan fingerprint density at radius 3 is 2.29 bits per heavy atom. The molecule has 15 heteroatoms. The predicted molar refractivity (Wildman–Crippen MR) is 112 cm³/mol. The van der Waals surface area contributed by atoms with E-state index in [1.54, 1.807) is 12.3 Å². The number of aliphatic hydroxyl groups excluding tert-OH is 1. The summed E-state index contributed by atoms with van der Waals surface area (Å²) in [4.78, 5) is 8.09. The van der Waals surface area contributed by atoms with Gasteiger partial charge in [-0.25, -0.2) is 17.7 Å². The number of rotatable bonds is 6. The maximum atomic E-state index is 12.9. The lowest BCUT2D eigenvalue weighted by atomic mass is 9.90. The number of H-pyrrole nitrogens is 1. The number of hydrogen-bond donors (Lipinski definition) is 3. The van der Waals surface area contributed by atoms with Gasteiger partial charge in [0.05, 0.1) is 0 Å². The molecule has 0 aromatic carbocycles. The molecule has 0 radical (unpaired) electrons. The van der Waals surface area contributed by atoms with Gasteiger partial charge in [-0.1, -0.05) is 0 Å². The number of aromatic nitrogens is 2. The van der Waals surface area contributed by atoms with Gasteiger partial charge >= 0.3 is 12.4 Å². The fraction of sp³-hybridized carbons (Fsp3) is 0.650. The number of sulfonamides is 1. The van der Waals surface area contributed by atoms with E-state index in [9.17, 15) is 45.0 Å². The van der Waals surface area contributed by atoms with Crippen molar-refractivity contribution in [2.75, 3.05) is 26.2 Å². The summed E-state index contributed by atoms with van der Waals surface area (Å²) >= 11 is 0. The van der Waals surface area contributed by atoms with Crippen molar-refractivity contribution in [3.8, 4) is 0 Å². The number of nitrogens with one attached hydrogen (secondary N) is 1. The summed E-state index contributed by atoms with van der Waals surface area (Å²) in [5.41, 5.74) is -3.35. The Morgan fingerprint density at radius 1 is 1.11 bits per heavy atom. The summed E-state index contributed by atoms with van der Waals surface area (Å²) in [5, 5.41) is 19.0. The Labute approximate surface area is 196 Å². The van der Waals surface area contributed by atoms with E-state index in [1.165, 1.54) is 4.31 Å². The van der Waals surface area contributed by atoms with Crippen molar-refractivity contribution >= 4 is 21.1 Å². The van der Waals surface area contributed by atoms with E-state index in [-0.39, 0.29) is 19.0 Å². The molecule has 1 unspecified atom stereocenters. The first-order chi connectivity index (χ1) is 16.1. The van der Waals surface area contributed by atoms with Crippen molar-refractivity contribution in [1.82, 2.24) is 19.2 Å². The molecule has 2 aliphatic rings. The van der Waals surface area contributed by atoms with Gasteiger partial charge in [0.25, 0.3) is 5.60 Å². The summed E-state index contributed by atoms with van der Waals surface area (Å²) in [6.07, 6.45) is -12.0. The van der Waals surface area contributed by atoms with Crippen LogP contribution in [-0.2, 0) is 10.0 Å². The molecule has 3 N–H and O–H groups in total. The van der Waals surface area contributed by atoms with E-state index >= 15 is 0 Å². The molecule has 2 aromatic rings. The molecule has 0 aliphatic carbocycles. The molecule has 196 valence electrons. The van der Waals surface area contributed by atoms with Crippen molar-refractivity contribution in [2.45, 2.75) is 54.6 Å². The summed E-state index contributed by atoms with van der Waals surface area (Å²) < 4.78 is 104. The minimum atomic E-state index is -6.06.